The monoisotopic (exact) mass is 326 g/mol. The Bertz CT molecular complexity index is 724. The van der Waals surface area contributed by atoms with Crippen LogP contribution >= 0.6 is 0 Å². The van der Waals surface area contributed by atoms with Gasteiger partial charge in [-0.15, -0.1) is 0 Å². The number of H-pyrrole nitrogens is 1. The van der Waals surface area contributed by atoms with Gasteiger partial charge in [0.1, 0.15) is 17.5 Å². The topological polar surface area (TPSA) is 45.3 Å². The Kier molecular flexibility index (Phi) is 3.95. The van der Waals surface area contributed by atoms with Crippen LogP contribution in [0.1, 0.15) is 29.8 Å². The van der Waals surface area contributed by atoms with E-state index in [1.807, 2.05) is 0 Å². The molecule has 2 heterocycles. The Morgan fingerprint density at radius 3 is 2.78 bits per heavy atom. The molecule has 1 aromatic heterocycles. The van der Waals surface area contributed by atoms with Crippen LogP contribution in [0.25, 0.3) is 10.9 Å². The molecule has 4 nitrogen and oxygen atoms in total. The number of rotatable bonds is 2. The normalized spacial score (nSPS) is 19.1. The molecule has 1 atom stereocenters. The molecule has 2 aromatic rings. The van der Waals surface area contributed by atoms with Gasteiger partial charge in [-0.2, -0.15) is 13.2 Å². The van der Waals surface area contributed by atoms with E-state index in [0.717, 1.165) is 10.3 Å². The van der Waals surface area contributed by atoms with E-state index in [1.54, 1.807) is 24.3 Å². The molecule has 1 saturated heterocycles. The maximum absolute atomic E-state index is 13.2. The first-order valence-electron chi connectivity index (χ1n) is 7.44. The number of benzene rings is 1. The van der Waals surface area contributed by atoms with Gasteiger partial charge in [0.05, 0.1) is 7.11 Å². The summed E-state index contributed by atoms with van der Waals surface area (Å²) in [6.07, 6.45) is -3.36. The minimum atomic E-state index is -4.40. The molecule has 1 unspecified atom stereocenters. The standard InChI is InChI=1S/C16H17F3N2O2/c1-23-11-6-5-10-8-13(20-12(10)9-11)15(22)21-7-3-2-4-14(21)16(17,18)19/h5-6,8-9,14,20H,2-4,7H2,1H3. The average molecular weight is 326 g/mol. The number of fused-ring (bicyclic) bond motifs is 1. The van der Waals surface area contributed by atoms with E-state index in [2.05, 4.69) is 4.98 Å². The van der Waals surface area contributed by atoms with Crippen LogP contribution in [0.4, 0.5) is 13.2 Å². The van der Waals surface area contributed by atoms with Gasteiger partial charge in [0.25, 0.3) is 5.91 Å². The van der Waals surface area contributed by atoms with Crippen LogP contribution in [0.2, 0.25) is 0 Å². The van der Waals surface area contributed by atoms with Crippen LogP contribution in [0.3, 0.4) is 0 Å². The van der Waals surface area contributed by atoms with E-state index in [0.29, 0.717) is 24.1 Å². The number of aromatic amines is 1. The van der Waals surface area contributed by atoms with Crippen molar-refractivity contribution in [1.29, 1.82) is 0 Å². The van der Waals surface area contributed by atoms with Crippen molar-refractivity contribution in [2.24, 2.45) is 0 Å². The van der Waals surface area contributed by atoms with Crippen molar-refractivity contribution in [3.05, 3.63) is 30.0 Å². The fraction of sp³-hybridized carbons (Fsp3) is 0.438. The highest BCUT2D eigenvalue weighted by Gasteiger charge is 2.46. The Morgan fingerprint density at radius 1 is 1.30 bits per heavy atom. The van der Waals surface area contributed by atoms with Crippen LogP contribution < -0.4 is 4.74 Å². The van der Waals surface area contributed by atoms with E-state index in [4.69, 9.17) is 4.74 Å². The van der Waals surface area contributed by atoms with E-state index < -0.39 is 18.1 Å². The lowest BCUT2D eigenvalue weighted by Crippen LogP contribution is -2.51. The van der Waals surface area contributed by atoms with E-state index in [1.165, 1.54) is 7.11 Å². The molecular formula is C16H17F3N2O2. The van der Waals surface area contributed by atoms with Gasteiger partial charge in [0, 0.05) is 23.5 Å². The van der Waals surface area contributed by atoms with Crippen LogP contribution in [-0.4, -0.2) is 41.7 Å². The second-order valence-corrected chi connectivity index (χ2v) is 5.69. The maximum Gasteiger partial charge on any atom is 0.408 e. The zero-order valence-electron chi connectivity index (χ0n) is 12.6. The molecule has 23 heavy (non-hydrogen) atoms. The SMILES string of the molecule is COc1ccc2cc(C(=O)N3CCCCC3C(F)(F)F)[nH]c2c1. The Labute approximate surface area is 131 Å². The number of hydrogen-bond acceptors (Lipinski definition) is 2. The average Bonchev–Trinajstić information content (AvgIpc) is 2.96. The number of hydrogen-bond donors (Lipinski definition) is 1. The van der Waals surface area contributed by atoms with Crippen LogP contribution in [0, 0.1) is 0 Å². The summed E-state index contributed by atoms with van der Waals surface area (Å²) in [6.45, 7) is 0.127. The highest BCUT2D eigenvalue weighted by atomic mass is 19.4. The van der Waals surface area contributed by atoms with Crippen molar-refractivity contribution >= 4 is 16.8 Å². The zero-order chi connectivity index (χ0) is 16.6. The highest BCUT2D eigenvalue weighted by molar-refractivity contribution is 5.98. The van der Waals surface area contributed by atoms with Gasteiger partial charge in [-0.05, 0) is 37.5 Å². The number of halogens is 3. The molecule has 0 bridgehead atoms. The molecule has 0 spiro atoms. The van der Waals surface area contributed by atoms with E-state index in [-0.39, 0.29) is 18.7 Å². The first-order valence-corrected chi connectivity index (χ1v) is 7.44. The predicted molar refractivity (Wildman–Crippen MR) is 79.6 cm³/mol. The molecule has 124 valence electrons. The van der Waals surface area contributed by atoms with Gasteiger partial charge in [0.15, 0.2) is 0 Å². The van der Waals surface area contributed by atoms with Crippen molar-refractivity contribution in [3.63, 3.8) is 0 Å². The lowest BCUT2D eigenvalue weighted by atomic mass is 10.0. The Hall–Kier alpha value is -2.18. The maximum atomic E-state index is 13.2. The number of aromatic nitrogens is 1. The second kappa shape index (κ2) is 5.79. The summed E-state index contributed by atoms with van der Waals surface area (Å²) in [6, 6.07) is 5.09. The van der Waals surface area contributed by atoms with Crippen LogP contribution in [0.15, 0.2) is 24.3 Å². The summed E-state index contributed by atoms with van der Waals surface area (Å²) >= 11 is 0. The molecule has 0 saturated carbocycles. The first kappa shape index (κ1) is 15.7. The number of likely N-dealkylation sites (tertiary alicyclic amines) is 1. The molecule has 1 fully saturated rings. The third-order valence-electron chi connectivity index (χ3n) is 4.20. The number of nitrogens with one attached hydrogen (secondary N) is 1. The molecule has 0 aliphatic carbocycles. The predicted octanol–water partition coefficient (Wildman–Crippen LogP) is 3.73. The second-order valence-electron chi connectivity index (χ2n) is 5.69. The van der Waals surface area contributed by atoms with Crippen molar-refractivity contribution < 1.29 is 22.7 Å². The number of methoxy groups -OCH3 is 1. The lowest BCUT2D eigenvalue weighted by Gasteiger charge is -2.36. The number of piperidine rings is 1. The molecule has 0 radical (unpaired) electrons. The number of alkyl halides is 3. The number of ether oxygens (including phenoxy) is 1. The van der Waals surface area contributed by atoms with Crippen LogP contribution in [0.5, 0.6) is 5.75 Å². The van der Waals surface area contributed by atoms with Gasteiger partial charge in [-0.3, -0.25) is 4.79 Å². The largest absolute Gasteiger partial charge is 0.497 e. The molecular weight excluding hydrogens is 309 g/mol. The fourth-order valence-corrected chi connectivity index (χ4v) is 3.02. The minimum absolute atomic E-state index is 0.0384. The Balaban J connectivity index is 1.92. The van der Waals surface area contributed by atoms with Crippen molar-refractivity contribution in [2.45, 2.75) is 31.5 Å². The fourth-order valence-electron chi connectivity index (χ4n) is 3.02. The molecule has 7 heteroatoms. The lowest BCUT2D eigenvalue weighted by molar-refractivity contribution is -0.183. The summed E-state index contributed by atoms with van der Waals surface area (Å²) in [4.78, 5) is 16.4. The summed E-state index contributed by atoms with van der Waals surface area (Å²) < 4.78 is 44.6. The van der Waals surface area contributed by atoms with Crippen molar-refractivity contribution in [1.82, 2.24) is 9.88 Å². The van der Waals surface area contributed by atoms with Gasteiger partial charge in [-0.1, -0.05) is 0 Å². The molecule has 3 rings (SSSR count). The van der Waals surface area contributed by atoms with E-state index >= 15 is 0 Å². The highest BCUT2D eigenvalue weighted by Crippen LogP contribution is 2.33. The minimum Gasteiger partial charge on any atom is -0.497 e. The molecule has 1 aromatic carbocycles. The number of carbonyl (C=O) groups is 1. The Morgan fingerprint density at radius 2 is 2.09 bits per heavy atom. The molecule has 1 N–H and O–H groups in total. The van der Waals surface area contributed by atoms with E-state index in [9.17, 15) is 18.0 Å². The van der Waals surface area contributed by atoms with Crippen molar-refractivity contribution in [3.8, 4) is 5.75 Å². The molecule has 1 amide bonds. The number of amides is 1. The van der Waals surface area contributed by atoms with Crippen LogP contribution in [-0.2, 0) is 0 Å². The van der Waals surface area contributed by atoms with Gasteiger partial charge < -0.3 is 14.6 Å². The molecule has 1 aliphatic rings. The smallest absolute Gasteiger partial charge is 0.408 e. The summed E-state index contributed by atoms with van der Waals surface area (Å²) in [5.74, 6) is 0.00619. The summed E-state index contributed by atoms with van der Waals surface area (Å²) in [5, 5.41) is 0.759. The summed E-state index contributed by atoms with van der Waals surface area (Å²) in [7, 11) is 1.53. The molecule has 1 aliphatic heterocycles. The van der Waals surface area contributed by atoms with Gasteiger partial charge in [0.2, 0.25) is 0 Å². The number of carbonyl (C=O) groups excluding carboxylic acids is 1. The third-order valence-corrected chi connectivity index (χ3v) is 4.20. The number of nitrogens with zero attached hydrogens (tertiary/aromatic N) is 1. The van der Waals surface area contributed by atoms with Gasteiger partial charge >= 0.3 is 6.18 Å². The third kappa shape index (κ3) is 3.00. The summed E-state index contributed by atoms with van der Waals surface area (Å²) in [5.41, 5.74) is 0.831. The van der Waals surface area contributed by atoms with Crippen molar-refractivity contribution in [2.75, 3.05) is 13.7 Å². The van der Waals surface area contributed by atoms with Gasteiger partial charge in [-0.25, -0.2) is 0 Å². The quantitative estimate of drug-likeness (QED) is 0.914. The first-order chi connectivity index (χ1) is 10.9. The zero-order valence-corrected chi connectivity index (χ0v) is 12.6.